The van der Waals surface area contributed by atoms with Crippen molar-refractivity contribution < 1.29 is 23.1 Å². The Morgan fingerprint density at radius 3 is 2.08 bits per heavy atom. The van der Waals surface area contributed by atoms with Crippen LogP contribution >= 0.6 is 0 Å². The molecule has 0 heterocycles. The maximum absolute atomic E-state index is 12.3. The molecule has 2 aromatic rings. The van der Waals surface area contributed by atoms with Crippen LogP contribution in [-0.2, 0) is 21.1 Å². The molecule has 0 aromatic heterocycles. The lowest BCUT2D eigenvalue weighted by atomic mass is 10.1. The van der Waals surface area contributed by atoms with Crippen LogP contribution in [0.15, 0.2) is 59.5 Å². The van der Waals surface area contributed by atoms with Gasteiger partial charge in [0.1, 0.15) is 6.04 Å². The van der Waals surface area contributed by atoms with Crippen molar-refractivity contribution in [2.75, 3.05) is 0 Å². The highest BCUT2D eigenvalue weighted by Crippen LogP contribution is 2.16. The summed E-state index contributed by atoms with van der Waals surface area (Å²) < 4.78 is 24.2. The first kappa shape index (κ1) is 19.7. The van der Waals surface area contributed by atoms with Gasteiger partial charge in [-0.05, 0) is 43.7 Å². The minimum absolute atomic E-state index is 0.128. The molecule has 0 aliphatic carbocycles. The number of carboxylic acid groups (broad SMARTS) is 1. The number of amides is 1. The predicted octanol–water partition coefficient (Wildman–Crippen LogP) is 2.29. The Balaban J connectivity index is 2.13. The lowest BCUT2D eigenvalue weighted by Crippen LogP contribution is -2.42. The molecule has 1 amide bonds. The van der Waals surface area contributed by atoms with Gasteiger partial charge in [-0.15, -0.1) is 0 Å². The van der Waals surface area contributed by atoms with Gasteiger partial charge in [-0.1, -0.05) is 30.3 Å². The molecule has 0 unspecified atom stereocenters. The molecule has 0 spiro atoms. The molecule has 1 atom stereocenters. The summed E-state index contributed by atoms with van der Waals surface area (Å²) in [5.41, 5.74) is 0.991. The van der Waals surface area contributed by atoms with E-state index in [1.807, 2.05) is 6.07 Å². The van der Waals surface area contributed by atoms with Gasteiger partial charge >= 0.3 is 5.97 Å². The quantitative estimate of drug-likeness (QED) is 0.773. The fourth-order valence-electron chi connectivity index (χ4n) is 2.36. The normalized spacial score (nSPS) is 12.6. The van der Waals surface area contributed by atoms with Gasteiger partial charge in [-0.3, -0.25) is 4.79 Å². The van der Waals surface area contributed by atoms with E-state index in [0.717, 1.165) is 5.56 Å². The second-order valence-corrected chi connectivity index (χ2v) is 8.68. The lowest BCUT2D eigenvalue weighted by Gasteiger charge is -2.15. The molecular formula is C19H21NO5S. The highest BCUT2D eigenvalue weighted by atomic mass is 32.2. The smallest absolute Gasteiger partial charge is 0.326 e. The van der Waals surface area contributed by atoms with E-state index < -0.39 is 33.0 Å². The van der Waals surface area contributed by atoms with Crippen molar-refractivity contribution in [1.29, 1.82) is 0 Å². The second-order valence-electron chi connectivity index (χ2n) is 6.17. The van der Waals surface area contributed by atoms with Crippen LogP contribution < -0.4 is 5.32 Å². The number of rotatable bonds is 7. The van der Waals surface area contributed by atoms with Crippen molar-refractivity contribution in [3.8, 4) is 0 Å². The second kappa shape index (κ2) is 8.14. The number of benzene rings is 2. The molecule has 26 heavy (non-hydrogen) atoms. The Labute approximate surface area is 152 Å². The summed E-state index contributed by atoms with van der Waals surface area (Å²) in [6.07, 6.45) is 0.154. The lowest BCUT2D eigenvalue weighted by molar-refractivity contribution is -0.139. The minimum atomic E-state index is -3.42. The Bertz CT molecular complexity index is 874. The number of carbonyl (C=O) groups excluding carboxylic acids is 1. The SMILES string of the molecule is CC(C)S(=O)(=O)c1ccc(C(=O)N[C@H](Cc2ccccc2)C(=O)O)cc1. The van der Waals surface area contributed by atoms with Gasteiger partial charge in [0.25, 0.3) is 5.91 Å². The van der Waals surface area contributed by atoms with Gasteiger partial charge in [-0.25, -0.2) is 13.2 Å². The van der Waals surface area contributed by atoms with E-state index in [0.29, 0.717) is 0 Å². The van der Waals surface area contributed by atoms with Crippen LogP contribution in [0.25, 0.3) is 0 Å². The molecule has 0 aliphatic rings. The summed E-state index contributed by atoms with van der Waals surface area (Å²) in [4.78, 5) is 23.9. The first-order chi connectivity index (χ1) is 12.2. The van der Waals surface area contributed by atoms with Crippen LogP contribution in [0.1, 0.15) is 29.8 Å². The van der Waals surface area contributed by atoms with Gasteiger partial charge < -0.3 is 10.4 Å². The van der Waals surface area contributed by atoms with Crippen molar-refractivity contribution in [2.45, 2.75) is 36.5 Å². The Morgan fingerprint density at radius 1 is 1.00 bits per heavy atom. The summed E-state index contributed by atoms with van der Waals surface area (Å²) in [5, 5.41) is 11.3. The predicted molar refractivity (Wildman–Crippen MR) is 97.8 cm³/mol. The minimum Gasteiger partial charge on any atom is -0.480 e. The van der Waals surface area contributed by atoms with Crippen molar-refractivity contribution in [3.05, 3.63) is 65.7 Å². The third-order valence-corrected chi connectivity index (χ3v) is 6.12. The van der Waals surface area contributed by atoms with Crippen molar-refractivity contribution in [1.82, 2.24) is 5.32 Å². The standard InChI is InChI=1S/C19H21NO5S/c1-13(2)26(24,25)16-10-8-15(9-11-16)18(21)20-17(19(22)23)12-14-6-4-3-5-7-14/h3-11,13,17H,12H2,1-2H3,(H,20,21)(H,22,23)/t17-/m1/s1. The van der Waals surface area contributed by atoms with E-state index in [1.165, 1.54) is 24.3 Å². The summed E-state index contributed by atoms with van der Waals surface area (Å²) >= 11 is 0. The largest absolute Gasteiger partial charge is 0.480 e. The molecule has 0 saturated carbocycles. The maximum atomic E-state index is 12.3. The van der Waals surface area contributed by atoms with E-state index >= 15 is 0 Å². The number of hydrogen-bond acceptors (Lipinski definition) is 4. The maximum Gasteiger partial charge on any atom is 0.326 e. The summed E-state index contributed by atoms with van der Waals surface area (Å²) in [6.45, 7) is 3.16. The molecule has 2 N–H and O–H groups in total. The average molecular weight is 375 g/mol. The molecule has 6 nitrogen and oxygen atoms in total. The zero-order valence-corrected chi connectivity index (χ0v) is 15.4. The average Bonchev–Trinajstić information content (AvgIpc) is 2.61. The molecule has 0 saturated heterocycles. The number of carboxylic acids is 1. The molecule has 2 aromatic carbocycles. The molecule has 0 radical (unpaired) electrons. The Hall–Kier alpha value is -2.67. The molecule has 138 valence electrons. The van der Waals surface area contributed by atoms with Crippen LogP contribution in [0.3, 0.4) is 0 Å². The van der Waals surface area contributed by atoms with Gasteiger partial charge in [0.15, 0.2) is 9.84 Å². The number of carbonyl (C=O) groups is 2. The van der Waals surface area contributed by atoms with Gasteiger partial charge in [0.05, 0.1) is 10.1 Å². The third kappa shape index (κ3) is 4.70. The number of hydrogen-bond donors (Lipinski definition) is 2. The van der Waals surface area contributed by atoms with Crippen molar-refractivity contribution >= 4 is 21.7 Å². The Kier molecular flexibility index (Phi) is 6.15. The van der Waals surface area contributed by atoms with Gasteiger partial charge in [0, 0.05) is 12.0 Å². The van der Waals surface area contributed by atoms with E-state index in [-0.39, 0.29) is 16.9 Å². The zero-order chi connectivity index (χ0) is 19.3. The molecule has 0 aliphatic heterocycles. The van der Waals surface area contributed by atoms with Crippen molar-refractivity contribution in [2.24, 2.45) is 0 Å². The summed E-state index contributed by atoms with van der Waals surface area (Å²) in [5.74, 6) is -1.71. The molecule has 0 bridgehead atoms. The van der Waals surface area contributed by atoms with Crippen LogP contribution in [0.2, 0.25) is 0 Å². The summed E-state index contributed by atoms with van der Waals surface area (Å²) in [6, 6.07) is 13.4. The van der Waals surface area contributed by atoms with Crippen LogP contribution in [-0.4, -0.2) is 36.7 Å². The number of aliphatic carboxylic acids is 1. The highest BCUT2D eigenvalue weighted by molar-refractivity contribution is 7.92. The monoisotopic (exact) mass is 375 g/mol. The highest BCUT2D eigenvalue weighted by Gasteiger charge is 2.22. The number of sulfone groups is 1. The number of nitrogens with one attached hydrogen (secondary N) is 1. The van der Waals surface area contributed by atoms with E-state index in [2.05, 4.69) is 5.32 Å². The molecule has 0 fully saturated rings. The Morgan fingerprint density at radius 2 is 1.58 bits per heavy atom. The van der Waals surface area contributed by atoms with Crippen LogP contribution in [0.4, 0.5) is 0 Å². The third-order valence-electron chi connectivity index (χ3n) is 3.95. The topological polar surface area (TPSA) is 101 Å². The fourth-order valence-corrected chi connectivity index (χ4v) is 3.42. The first-order valence-electron chi connectivity index (χ1n) is 8.13. The van der Waals surface area contributed by atoms with Crippen LogP contribution in [0, 0.1) is 0 Å². The molecule has 7 heteroatoms. The van der Waals surface area contributed by atoms with E-state index in [4.69, 9.17) is 0 Å². The van der Waals surface area contributed by atoms with Crippen molar-refractivity contribution in [3.63, 3.8) is 0 Å². The summed E-state index contributed by atoms with van der Waals surface area (Å²) in [7, 11) is -3.42. The molecular weight excluding hydrogens is 354 g/mol. The fraction of sp³-hybridized carbons (Fsp3) is 0.263. The van der Waals surface area contributed by atoms with Crippen LogP contribution in [0.5, 0.6) is 0 Å². The zero-order valence-electron chi connectivity index (χ0n) is 14.5. The first-order valence-corrected chi connectivity index (χ1v) is 9.68. The van der Waals surface area contributed by atoms with Gasteiger partial charge in [0.2, 0.25) is 0 Å². The van der Waals surface area contributed by atoms with Gasteiger partial charge in [-0.2, -0.15) is 0 Å². The van der Waals surface area contributed by atoms with E-state index in [9.17, 15) is 23.1 Å². The van der Waals surface area contributed by atoms with E-state index in [1.54, 1.807) is 38.1 Å². The molecule has 2 rings (SSSR count).